The lowest BCUT2D eigenvalue weighted by atomic mass is 9.96. The lowest BCUT2D eigenvalue weighted by molar-refractivity contribution is -0.300. The Morgan fingerprint density at radius 3 is 2.46 bits per heavy atom. The van der Waals surface area contributed by atoms with Crippen LogP contribution < -0.4 is 10.2 Å². The van der Waals surface area contributed by atoms with Crippen molar-refractivity contribution >= 4 is 17.2 Å². The van der Waals surface area contributed by atoms with Crippen molar-refractivity contribution in [1.29, 1.82) is 0 Å². The normalized spacial score (nSPS) is 19.0. The highest BCUT2D eigenvalue weighted by Gasteiger charge is 2.27. The molecule has 0 bridgehead atoms. The molecule has 0 radical (unpaired) electrons. The van der Waals surface area contributed by atoms with Crippen LogP contribution in [0.3, 0.4) is 0 Å². The van der Waals surface area contributed by atoms with Crippen LogP contribution in [-0.4, -0.2) is 36.3 Å². The van der Waals surface area contributed by atoms with E-state index >= 15 is 0 Å². The molecule has 3 heterocycles. The molecule has 3 aromatic rings. The number of hydrogen-bond acceptors (Lipinski definition) is 5. The zero-order valence-corrected chi connectivity index (χ0v) is 21.5. The first kappa shape index (κ1) is 23.9. The van der Waals surface area contributed by atoms with Crippen molar-refractivity contribution in [3.63, 3.8) is 0 Å². The summed E-state index contributed by atoms with van der Waals surface area (Å²) in [5, 5.41) is 3.67. The number of hydrogen-bond donors (Lipinski definition) is 1. The quantitative estimate of drug-likeness (QED) is 0.424. The largest absolute Gasteiger partial charge is 0.344 e. The van der Waals surface area contributed by atoms with Crippen LogP contribution in [0.5, 0.6) is 0 Å². The average molecular weight is 475 g/mol. The van der Waals surface area contributed by atoms with Crippen LogP contribution in [0.4, 0.5) is 17.2 Å². The topological polar surface area (TPSA) is 41.9 Å². The molecule has 1 unspecified atom stereocenters. The van der Waals surface area contributed by atoms with Gasteiger partial charge in [0.05, 0.1) is 5.69 Å². The summed E-state index contributed by atoms with van der Waals surface area (Å²) >= 11 is 0. The molecule has 1 N–H and O–H groups in total. The van der Waals surface area contributed by atoms with E-state index in [1.54, 1.807) is 0 Å². The van der Waals surface area contributed by atoms with Crippen molar-refractivity contribution in [3.05, 3.63) is 77.5 Å². The van der Waals surface area contributed by atoms with Gasteiger partial charge in [0, 0.05) is 36.6 Å². The summed E-state index contributed by atoms with van der Waals surface area (Å²) in [7, 11) is 2.23. The van der Waals surface area contributed by atoms with Gasteiger partial charge in [-0.1, -0.05) is 63.2 Å². The number of likely N-dealkylation sites (tertiary alicyclic amines) is 1. The molecular formula is C29H38N4O2. The first-order valence-corrected chi connectivity index (χ1v) is 12.7. The van der Waals surface area contributed by atoms with Crippen molar-refractivity contribution in [2.45, 2.75) is 52.8 Å². The molecule has 0 amide bonds. The van der Waals surface area contributed by atoms with E-state index in [1.165, 1.54) is 36.2 Å². The second kappa shape index (κ2) is 10.1. The van der Waals surface area contributed by atoms with Crippen LogP contribution in [0.15, 0.2) is 60.8 Å². The summed E-state index contributed by atoms with van der Waals surface area (Å²) in [6.07, 6.45) is 4.78. The summed E-state index contributed by atoms with van der Waals surface area (Å²) in [4.78, 5) is 15.9. The lowest BCUT2D eigenvalue weighted by Gasteiger charge is -2.29. The highest BCUT2D eigenvalue weighted by Crippen LogP contribution is 2.37. The Morgan fingerprint density at radius 2 is 1.77 bits per heavy atom. The third-order valence-electron chi connectivity index (χ3n) is 6.94. The molecule has 186 valence electrons. The highest BCUT2D eigenvalue weighted by molar-refractivity contribution is 5.70. The van der Waals surface area contributed by atoms with Gasteiger partial charge in [0.25, 0.3) is 0 Å². The molecule has 0 spiro atoms. The number of fused-ring (bicyclic) bond motifs is 1. The van der Waals surface area contributed by atoms with E-state index in [0.29, 0.717) is 19.4 Å². The van der Waals surface area contributed by atoms with Crippen LogP contribution in [0.25, 0.3) is 0 Å². The number of anilines is 3. The summed E-state index contributed by atoms with van der Waals surface area (Å²) < 4.78 is 2.32. The molecule has 1 aromatic heterocycles. The molecule has 1 atom stereocenters. The predicted octanol–water partition coefficient (Wildman–Crippen LogP) is 6.32. The molecule has 6 heteroatoms. The minimum atomic E-state index is 0.128. The van der Waals surface area contributed by atoms with Gasteiger partial charge in [-0.3, -0.25) is 4.90 Å². The number of nitrogens with one attached hydrogen (secondary N) is 1. The molecule has 35 heavy (non-hydrogen) atoms. The number of benzene rings is 2. The van der Waals surface area contributed by atoms with Crippen LogP contribution in [-0.2, 0) is 22.9 Å². The summed E-state index contributed by atoms with van der Waals surface area (Å²) in [5.74, 6) is 1.05. The van der Waals surface area contributed by atoms with Crippen molar-refractivity contribution in [2.24, 2.45) is 5.41 Å². The van der Waals surface area contributed by atoms with E-state index < -0.39 is 0 Å². The van der Waals surface area contributed by atoms with Gasteiger partial charge in [0.15, 0.2) is 6.73 Å². The molecule has 5 rings (SSSR count). The molecule has 1 saturated heterocycles. The Hall–Kier alpha value is -2.80. The van der Waals surface area contributed by atoms with Gasteiger partial charge in [-0.25, -0.2) is 9.78 Å². The zero-order valence-electron chi connectivity index (χ0n) is 21.5. The molecule has 2 aliphatic rings. The van der Waals surface area contributed by atoms with Gasteiger partial charge in [-0.15, -0.1) is 0 Å². The Labute approximate surface area is 209 Å². The van der Waals surface area contributed by atoms with Gasteiger partial charge in [-0.2, -0.15) is 0 Å². The van der Waals surface area contributed by atoms with Gasteiger partial charge in [0.1, 0.15) is 12.4 Å². The first-order valence-electron chi connectivity index (χ1n) is 12.7. The number of para-hydroxylation sites is 1. The van der Waals surface area contributed by atoms with Crippen LogP contribution >= 0.6 is 0 Å². The monoisotopic (exact) mass is 474 g/mol. The highest BCUT2D eigenvalue weighted by atomic mass is 17.2. The lowest BCUT2D eigenvalue weighted by Crippen LogP contribution is -2.33. The van der Waals surface area contributed by atoms with Crippen molar-refractivity contribution in [3.8, 4) is 0 Å². The van der Waals surface area contributed by atoms with E-state index in [0.717, 1.165) is 30.2 Å². The van der Waals surface area contributed by atoms with Gasteiger partial charge >= 0.3 is 0 Å². The van der Waals surface area contributed by atoms with Crippen molar-refractivity contribution < 1.29 is 9.78 Å². The fourth-order valence-corrected chi connectivity index (χ4v) is 5.28. The van der Waals surface area contributed by atoms with Gasteiger partial charge in [0.2, 0.25) is 0 Å². The van der Waals surface area contributed by atoms with Crippen LogP contribution in [0.1, 0.15) is 56.3 Å². The van der Waals surface area contributed by atoms with Crippen molar-refractivity contribution in [1.82, 2.24) is 9.47 Å². The zero-order chi connectivity index (χ0) is 24.4. The molecule has 2 aliphatic heterocycles. The maximum Gasteiger partial charge on any atom is 0.154 e. The van der Waals surface area contributed by atoms with Gasteiger partial charge in [-0.05, 0) is 55.1 Å². The second-order valence-corrected chi connectivity index (χ2v) is 11.1. The third kappa shape index (κ3) is 5.56. The molecule has 6 nitrogen and oxygen atoms in total. The average Bonchev–Trinajstić information content (AvgIpc) is 3.34. The first-order chi connectivity index (χ1) is 16.9. The Balaban J connectivity index is 1.47. The molecule has 1 fully saturated rings. The Morgan fingerprint density at radius 1 is 1.00 bits per heavy atom. The number of rotatable bonds is 6. The van der Waals surface area contributed by atoms with E-state index in [9.17, 15) is 0 Å². The minimum Gasteiger partial charge on any atom is -0.344 e. The van der Waals surface area contributed by atoms with E-state index in [-0.39, 0.29) is 5.41 Å². The summed E-state index contributed by atoms with van der Waals surface area (Å²) in [6, 6.07) is 20.1. The summed E-state index contributed by atoms with van der Waals surface area (Å²) in [6.45, 7) is 10.4. The van der Waals surface area contributed by atoms with E-state index in [1.807, 2.05) is 6.07 Å². The number of nitrogens with zero attached hydrogens (tertiary/aromatic N) is 3. The van der Waals surface area contributed by atoms with Crippen molar-refractivity contribution in [2.75, 3.05) is 37.1 Å². The minimum absolute atomic E-state index is 0.128. The Bertz CT molecular complexity index is 1120. The summed E-state index contributed by atoms with van der Waals surface area (Å²) in [5.41, 5.74) is 6.18. The van der Waals surface area contributed by atoms with E-state index in [4.69, 9.17) is 9.78 Å². The predicted molar refractivity (Wildman–Crippen MR) is 142 cm³/mol. The fourth-order valence-electron chi connectivity index (χ4n) is 5.28. The molecule has 2 aromatic carbocycles. The third-order valence-corrected chi connectivity index (χ3v) is 6.94. The molecule has 0 aliphatic carbocycles. The van der Waals surface area contributed by atoms with Crippen LogP contribution in [0.2, 0.25) is 0 Å². The maximum absolute atomic E-state index is 5.59. The maximum atomic E-state index is 5.59. The standard InChI is InChI=1S/C29H38N4O2/c1-29(2,3)20-33-21-35-34-19-25-27(33)18-32(28(25)30-24-9-6-5-7-10-24)17-22-12-14-23(15-13-22)26-11-8-16-31(26)4/h5-7,9-10,12-15,18,26,30H,8,11,16-17,19-21H2,1-4H3. The second-order valence-electron chi connectivity index (χ2n) is 11.1. The fraction of sp³-hybridized carbons (Fsp3) is 0.448. The molecular weight excluding hydrogens is 436 g/mol. The number of aromatic nitrogens is 1. The SMILES string of the molecule is CN1CCCC1c1ccc(Cn2cc3c(c2Nc2ccccc2)COOCN3CC(C)(C)C)cc1. The Kier molecular flexibility index (Phi) is 6.87. The smallest absolute Gasteiger partial charge is 0.154 e. The van der Waals surface area contributed by atoms with E-state index in [2.05, 4.69) is 102 Å². The van der Waals surface area contributed by atoms with Crippen LogP contribution in [0, 0.1) is 5.41 Å². The van der Waals surface area contributed by atoms with Gasteiger partial charge < -0.3 is 14.8 Å². The molecule has 0 saturated carbocycles.